The van der Waals surface area contributed by atoms with Crippen LogP contribution >= 0.6 is 0 Å². The Kier molecular flexibility index (Phi) is 2.37. The summed E-state index contributed by atoms with van der Waals surface area (Å²) in [6.07, 6.45) is 1.33. The summed E-state index contributed by atoms with van der Waals surface area (Å²) >= 11 is 0. The van der Waals surface area contributed by atoms with E-state index >= 15 is 0 Å². The Balaban J connectivity index is 2.01. The Morgan fingerprint density at radius 3 is 2.83 bits per heavy atom. The lowest BCUT2D eigenvalue weighted by Gasteiger charge is -2.30. The van der Waals surface area contributed by atoms with E-state index < -0.39 is 0 Å². The average Bonchev–Trinajstić information content (AvgIpc) is 2.47. The van der Waals surface area contributed by atoms with E-state index in [2.05, 4.69) is 24.5 Å². The molecule has 70 valence electrons. The molecule has 2 fully saturated rings. The molecule has 0 bridgehead atoms. The van der Waals surface area contributed by atoms with Crippen molar-refractivity contribution < 1.29 is 0 Å². The Labute approximate surface area is 75.1 Å². The highest BCUT2D eigenvalue weighted by Gasteiger charge is 2.38. The molecule has 0 spiro atoms. The Hall–Kier alpha value is -0.0800. The Bertz CT molecular complexity index is 156. The van der Waals surface area contributed by atoms with Gasteiger partial charge in [0.25, 0.3) is 0 Å². The molecule has 3 unspecified atom stereocenters. The van der Waals surface area contributed by atoms with Crippen molar-refractivity contribution in [3.05, 3.63) is 0 Å². The lowest BCUT2D eigenvalue weighted by atomic mass is 9.80. The van der Waals surface area contributed by atoms with Gasteiger partial charge in [0.15, 0.2) is 0 Å². The molecule has 2 heteroatoms. The maximum atomic E-state index is 3.65. The van der Waals surface area contributed by atoms with Crippen molar-refractivity contribution >= 4 is 0 Å². The van der Waals surface area contributed by atoms with Crippen LogP contribution in [0, 0.1) is 17.8 Å². The predicted molar refractivity (Wildman–Crippen MR) is 51.1 cm³/mol. The second kappa shape index (κ2) is 3.35. The molecule has 0 saturated carbocycles. The van der Waals surface area contributed by atoms with Crippen molar-refractivity contribution in [2.75, 3.05) is 19.6 Å². The van der Waals surface area contributed by atoms with Gasteiger partial charge in [-0.3, -0.25) is 0 Å². The molecule has 0 amide bonds. The van der Waals surface area contributed by atoms with Gasteiger partial charge in [-0.15, -0.1) is 0 Å². The van der Waals surface area contributed by atoms with E-state index in [-0.39, 0.29) is 0 Å². The summed E-state index contributed by atoms with van der Waals surface area (Å²) in [4.78, 5) is 0. The zero-order chi connectivity index (χ0) is 8.55. The second-order valence-electron chi connectivity index (χ2n) is 4.58. The Morgan fingerprint density at radius 2 is 2.08 bits per heavy atom. The normalized spacial score (nSPS) is 41.8. The van der Waals surface area contributed by atoms with Crippen LogP contribution in [-0.2, 0) is 0 Å². The van der Waals surface area contributed by atoms with E-state index in [1.165, 1.54) is 26.1 Å². The van der Waals surface area contributed by atoms with Crippen LogP contribution in [0.2, 0.25) is 0 Å². The minimum Gasteiger partial charge on any atom is -0.316 e. The lowest BCUT2D eigenvalue weighted by Crippen LogP contribution is -2.43. The highest BCUT2D eigenvalue weighted by molar-refractivity contribution is 4.95. The number of hydrogen-bond acceptors (Lipinski definition) is 2. The van der Waals surface area contributed by atoms with Gasteiger partial charge in [0, 0.05) is 6.04 Å². The minimum absolute atomic E-state index is 0.818. The highest BCUT2D eigenvalue weighted by atomic mass is 15.0. The second-order valence-corrected chi connectivity index (χ2v) is 4.58. The van der Waals surface area contributed by atoms with Crippen molar-refractivity contribution in [3.8, 4) is 0 Å². The van der Waals surface area contributed by atoms with Crippen molar-refractivity contribution in [1.82, 2.24) is 10.6 Å². The molecule has 2 aliphatic heterocycles. The third-order valence-corrected chi connectivity index (χ3v) is 3.55. The molecule has 2 N–H and O–H groups in total. The van der Waals surface area contributed by atoms with Crippen LogP contribution in [0.15, 0.2) is 0 Å². The van der Waals surface area contributed by atoms with Crippen molar-refractivity contribution in [3.63, 3.8) is 0 Å². The molecule has 3 atom stereocenters. The SMILES string of the molecule is CC(C)C1CNC2CCNCC21. The standard InChI is InChI=1S/C10H20N2/c1-7(2)8-6-12-10-3-4-11-5-9(8)10/h7-12H,3-6H2,1-2H3. The number of piperidine rings is 1. The first-order valence-corrected chi connectivity index (χ1v) is 5.23. The number of nitrogens with one attached hydrogen (secondary N) is 2. The highest BCUT2D eigenvalue weighted by Crippen LogP contribution is 2.31. The molecule has 2 rings (SSSR count). The summed E-state index contributed by atoms with van der Waals surface area (Å²) in [6, 6.07) is 0.818. The minimum atomic E-state index is 0.818. The fourth-order valence-electron chi connectivity index (χ4n) is 2.75. The first-order valence-electron chi connectivity index (χ1n) is 5.23. The van der Waals surface area contributed by atoms with Crippen LogP contribution in [0.4, 0.5) is 0 Å². The first-order chi connectivity index (χ1) is 5.79. The monoisotopic (exact) mass is 168 g/mol. The van der Waals surface area contributed by atoms with Gasteiger partial charge in [-0.1, -0.05) is 13.8 Å². The maximum Gasteiger partial charge on any atom is 0.0123 e. The molecule has 2 heterocycles. The molecule has 0 aromatic heterocycles. The summed E-state index contributed by atoms with van der Waals surface area (Å²) < 4.78 is 0. The molecule has 0 aromatic rings. The summed E-state index contributed by atoms with van der Waals surface area (Å²) in [7, 11) is 0. The average molecular weight is 168 g/mol. The van der Waals surface area contributed by atoms with Crippen LogP contribution < -0.4 is 10.6 Å². The van der Waals surface area contributed by atoms with Crippen LogP contribution in [-0.4, -0.2) is 25.7 Å². The number of rotatable bonds is 1. The lowest BCUT2D eigenvalue weighted by molar-refractivity contribution is 0.248. The molecule has 0 aromatic carbocycles. The molecule has 2 saturated heterocycles. The largest absolute Gasteiger partial charge is 0.316 e. The zero-order valence-corrected chi connectivity index (χ0v) is 8.14. The first kappa shape index (κ1) is 8.52. The smallest absolute Gasteiger partial charge is 0.0123 e. The summed E-state index contributed by atoms with van der Waals surface area (Å²) in [5, 5.41) is 7.15. The van der Waals surface area contributed by atoms with Gasteiger partial charge in [0.05, 0.1) is 0 Å². The van der Waals surface area contributed by atoms with Crippen LogP contribution in [0.25, 0.3) is 0 Å². The topological polar surface area (TPSA) is 24.1 Å². The third-order valence-electron chi connectivity index (χ3n) is 3.55. The van der Waals surface area contributed by atoms with Gasteiger partial charge in [0.1, 0.15) is 0 Å². The quantitative estimate of drug-likeness (QED) is 0.606. The van der Waals surface area contributed by atoms with Crippen LogP contribution in [0.5, 0.6) is 0 Å². The molecule has 12 heavy (non-hydrogen) atoms. The van der Waals surface area contributed by atoms with Crippen LogP contribution in [0.3, 0.4) is 0 Å². The third kappa shape index (κ3) is 1.38. The fraction of sp³-hybridized carbons (Fsp3) is 1.00. The number of fused-ring (bicyclic) bond motifs is 1. The predicted octanol–water partition coefficient (Wildman–Crippen LogP) is 0.840. The fourth-order valence-corrected chi connectivity index (χ4v) is 2.75. The molecule has 2 aliphatic rings. The maximum absolute atomic E-state index is 3.65. The summed E-state index contributed by atoms with van der Waals surface area (Å²) in [5.41, 5.74) is 0. The van der Waals surface area contributed by atoms with Gasteiger partial charge in [-0.2, -0.15) is 0 Å². The van der Waals surface area contributed by atoms with E-state index in [0.29, 0.717) is 0 Å². The van der Waals surface area contributed by atoms with E-state index in [9.17, 15) is 0 Å². The zero-order valence-electron chi connectivity index (χ0n) is 8.14. The number of hydrogen-bond donors (Lipinski definition) is 2. The molecular formula is C10H20N2. The van der Waals surface area contributed by atoms with Crippen LogP contribution in [0.1, 0.15) is 20.3 Å². The van der Waals surface area contributed by atoms with E-state index in [0.717, 1.165) is 23.8 Å². The summed E-state index contributed by atoms with van der Waals surface area (Å²) in [5.74, 6) is 2.65. The van der Waals surface area contributed by atoms with Crippen molar-refractivity contribution in [2.24, 2.45) is 17.8 Å². The van der Waals surface area contributed by atoms with Gasteiger partial charge in [0.2, 0.25) is 0 Å². The molecule has 2 nitrogen and oxygen atoms in total. The molecular weight excluding hydrogens is 148 g/mol. The van der Waals surface area contributed by atoms with Gasteiger partial charge in [-0.25, -0.2) is 0 Å². The van der Waals surface area contributed by atoms with E-state index in [4.69, 9.17) is 0 Å². The van der Waals surface area contributed by atoms with E-state index in [1.807, 2.05) is 0 Å². The van der Waals surface area contributed by atoms with Crippen molar-refractivity contribution in [2.45, 2.75) is 26.3 Å². The van der Waals surface area contributed by atoms with Gasteiger partial charge in [-0.05, 0) is 43.8 Å². The van der Waals surface area contributed by atoms with E-state index in [1.54, 1.807) is 0 Å². The van der Waals surface area contributed by atoms with Gasteiger partial charge < -0.3 is 10.6 Å². The van der Waals surface area contributed by atoms with Crippen molar-refractivity contribution in [1.29, 1.82) is 0 Å². The summed E-state index contributed by atoms with van der Waals surface area (Å²) in [6.45, 7) is 8.39. The Morgan fingerprint density at radius 1 is 1.25 bits per heavy atom. The van der Waals surface area contributed by atoms with Gasteiger partial charge >= 0.3 is 0 Å². The molecule has 0 radical (unpaired) electrons. The molecule has 0 aliphatic carbocycles.